The number of nitrogens with zero attached hydrogens (tertiary/aromatic N) is 1. The molecule has 0 aromatic heterocycles. The van der Waals surface area contributed by atoms with Gasteiger partial charge in [0.2, 0.25) is 0 Å². The summed E-state index contributed by atoms with van der Waals surface area (Å²) in [6.45, 7) is 4.06. The third kappa shape index (κ3) is 7.46. The SMILES string of the molecule is NC[C@H]1O[C@H](O[C@@H]2[C@@H](OCCN3CCNCC3)[C@H](O[C@H]3O[C@H](CO)[C@@H](O)[C@H](N)[C@H]3O)[C@@H](N)C[C@H]2N)[C@H](N)C[C@@H]1O. The number of aliphatic hydroxyl groups excluding tert-OH is 4. The molecular formula is C24H49N7O9. The van der Waals surface area contributed by atoms with E-state index >= 15 is 0 Å². The van der Waals surface area contributed by atoms with Crippen LogP contribution in [0.1, 0.15) is 12.8 Å². The van der Waals surface area contributed by atoms with Crippen LogP contribution in [0.5, 0.6) is 0 Å². The fraction of sp³-hybridized carbons (Fsp3) is 1.00. The number of hydrogen-bond donors (Lipinski definition) is 10. The molecule has 1 aliphatic carbocycles. The van der Waals surface area contributed by atoms with Crippen LogP contribution in [0.4, 0.5) is 0 Å². The number of aliphatic hydroxyl groups is 4. The predicted octanol–water partition coefficient (Wildman–Crippen LogP) is -6.37. The fourth-order valence-electron chi connectivity index (χ4n) is 5.84. The highest BCUT2D eigenvalue weighted by Gasteiger charge is 2.51. The molecule has 4 rings (SSSR count). The summed E-state index contributed by atoms with van der Waals surface area (Å²) in [6.07, 6.45) is -9.41. The quantitative estimate of drug-likeness (QED) is 0.115. The Bertz CT molecular complexity index is 770. The summed E-state index contributed by atoms with van der Waals surface area (Å²) in [4.78, 5) is 2.26. The Hall–Kier alpha value is -0.640. The topological polar surface area (TPSA) is 272 Å². The third-order valence-electron chi connectivity index (χ3n) is 8.32. The van der Waals surface area contributed by atoms with E-state index in [1.807, 2.05) is 0 Å². The molecule has 40 heavy (non-hydrogen) atoms. The lowest BCUT2D eigenvalue weighted by Crippen LogP contribution is -2.68. The van der Waals surface area contributed by atoms with E-state index < -0.39 is 92.2 Å². The van der Waals surface area contributed by atoms with E-state index in [0.717, 1.165) is 26.2 Å². The van der Waals surface area contributed by atoms with Gasteiger partial charge < -0.3 is 78.1 Å². The number of hydrogen-bond acceptors (Lipinski definition) is 16. The first-order valence-electron chi connectivity index (χ1n) is 14.2. The van der Waals surface area contributed by atoms with Crippen molar-refractivity contribution in [2.45, 2.75) is 98.4 Å². The van der Waals surface area contributed by atoms with Crippen molar-refractivity contribution < 1.29 is 44.1 Å². The van der Waals surface area contributed by atoms with Gasteiger partial charge in [0.25, 0.3) is 0 Å². The highest BCUT2D eigenvalue weighted by atomic mass is 16.7. The Morgan fingerprint density at radius 2 is 1.43 bits per heavy atom. The summed E-state index contributed by atoms with van der Waals surface area (Å²) in [5.74, 6) is 0. The first-order valence-corrected chi connectivity index (χ1v) is 14.2. The van der Waals surface area contributed by atoms with Crippen molar-refractivity contribution in [2.24, 2.45) is 28.7 Å². The number of nitrogens with one attached hydrogen (secondary N) is 1. The monoisotopic (exact) mass is 579 g/mol. The minimum atomic E-state index is -1.40. The van der Waals surface area contributed by atoms with Gasteiger partial charge in [-0.3, -0.25) is 4.90 Å². The molecule has 0 spiro atoms. The van der Waals surface area contributed by atoms with Gasteiger partial charge in [0.15, 0.2) is 12.6 Å². The highest BCUT2D eigenvalue weighted by molar-refractivity contribution is 5.02. The lowest BCUT2D eigenvalue weighted by atomic mass is 9.84. The molecule has 0 unspecified atom stereocenters. The molecule has 0 radical (unpaired) electrons. The summed E-state index contributed by atoms with van der Waals surface area (Å²) in [7, 11) is 0. The molecule has 15 N–H and O–H groups in total. The van der Waals surface area contributed by atoms with E-state index in [1.165, 1.54) is 0 Å². The third-order valence-corrected chi connectivity index (χ3v) is 8.32. The summed E-state index contributed by atoms with van der Waals surface area (Å²) in [5, 5.41) is 44.2. The van der Waals surface area contributed by atoms with Gasteiger partial charge in [-0.2, -0.15) is 0 Å². The maximum absolute atomic E-state index is 10.7. The second-order valence-corrected chi connectivity index (χ2v) is 11.2. The second-order valence-electron chi connectivity index (χ2n) is 11.2. The molecule has 16 nitrogen and oxygen atoms in total. The van der Waals surface area contributed by atoms with E-state index in [-0.39, 0.29) is 19.4 Å². The van der Waals surface area contributed by atoms with Crippen molar-refractivity contribution in [3.05, 3.63) is 0 Å². The van der Waals surface area contributed by atoms with Gasteiger partial charge in [-0.1, -0.05) is 0 Å². The molecule has 0 bridgehead atoms. The van der Waals surface area contributed by atoms with Crippen LogP contribution in [0.25, 0.3) is 0 Å². The predicted molar refractivity (Wildman–Crippen MR) is 141 cm³/mol. The van der Waals surface area contributed by atoms with E-state index in [2.05, 4.69) is 10.2 Å². The van der Waals surface area contributed by atoms with E-state index in [1.54, 1.807) is 0 Å². The van der Waals surface area contributed by atoms with Crippen molar-refractivity contribution in [1.29, 1.82) is 0 Å². The Labute approximate surface area is 234 Å². The van der Waals surface area contributed by atoms with E-state index in [4.69, 9.17) is 52.4 Å². The minimum Gasteiger partial charge on any atom is -0.394 e. The standard InChI is InChI=1S/C24H49N7O9/c25-9-15-14(33)8-13(28)23(37-15)39-20-11(26)7-12(27)21(22(20)36-6-5-31-3-1-30-2-4-31)40-24-19(35)17(29)18(34)16(10-32)38-24/h11-24,30,32-35H,1-10,25-29H2/t11-,12+,13-,14+,15-,16-,17+,18-,19-,20+,21-,22-,23-,24-/m1/s1. The molecule has 0 aromatic carbocycles. The number of rotatable bonds is 10. The number of nitrogens with two attached hydrogens (primary N) is 5. The van der Waals surface area contributed by atoms with Crippen molar-refractivity contribution in [3.8, 4) is 0 Å². The average molecular weight is 580 g/mol. The van der Waals surface area contributed by atoms with E-state index in [9.17, 15) is 20.4 Å². The smallest absolute Gasteiger partial charge is 0.186 e. The van der Waals surface area contributed by atoms with E-state index in [0.29, 0.717) is 13.2 Å². The normalized spacial score (nSPS) is 47.3. The van der Waals surface area contributed by atoms with Gasteiger partial charge in [-0.25, -0.2) is 0 Å². The fourth-order valence-corrected chi connectivity index (χ4v) is 5.84. The zero-order chi connectivity index (χ0) is 29.0. The van der Waals surface area contributed by atoms with Crippen molar-refractivity contribution in [3.63, 3.8) is 0 Å². The van der Waals surface area contributed by atoms with Crippen LogP contribution >= 0.6 is 0 Å². The molecule has 234 valence electrons. The molecular weight excluding hydrogens is 530 g/mol. The second kappa shape index (κ2) is 14.7. The van der Waals surface area contributed by atoms with Gasteiger partial charge in [0.05, 0.1) is 37.5 Å². The van der Waals surface area contributed by atoms with Crippen LogP contribution in [-0.4, -0.2) is 163 Å². The van der Waals surface area contributed by atoms with Gasteiger partial charge in [0, 0.05) is 51.4 Å². The Morgan fingerprint density at radius 1 is 0.800 bits per heavy atom. The maximum Gasteiger partial charge on any atom is 0.186 e. The molecule has 3 aliphatic heterocycles. The van der Waals surface area contributed by atoms with Crippen molar-refractivity contribution in [2.75, 3.05) is 52.5 Å². The molecule has 4 fully saturated rings. The molecule has 0 amide bonds. The lowest BCUT2D eigenvalue weighted by Gasteiger charge is -2.49. The lowest BCUT2D eigenvalue weighted by molar-refractivity contribution is -0.318. The Balaban J connectivity index is 1.52. The van der Waals surface area contributed by atoms with Crippen molar-refractivity contribution >= 4 is 0 Å². The largest absolute Gasteiger partial charge is 0.394 e. The molecule has 14 atom stereocenters. The Kier molecular flexibility index (Phi) is 11.9. The molecule has 16 heteroatoms. The zero-order valence-corrected chi connectivity index (χ0v) is 22.8. The maximum atomic E-state index is 10.7. The summed E-state index contributed by atoms with van der Waals surface area (Å²) in [6, 6.07) is -2.98. The van der Waals surface area contributed by atoms with Crippen LogP contribution in [0.3, 0.4) is 0 Å². The van der Waals surface area contributed by atoms with Gasteiger partial charge in [-0.15, -0.1) is 0 Å². The summed E-state index contributed by atoms with van der Waals surface area (Å²) >= 11 is 0. The van der Waals surface area contributed by atoms with Gasteiger partial charge in [-0.05, 0) is 12.8 Å². The van der Waals surface area contributed by atoms with Crippen molar-refractivity contribution in [1.82, 2.24) is 10.2 Å². The molecule has 0 aromatic rings. The summed E-state index contributed by atoms with van der Waals surface area (Å²) in [5.41, 5.74) is 31.1. The number of piperazine rings is 1. The van der Waals surface area contributed by atoms with Crippen LogP contribution in [0.15, 0.2) is 0 Å². The van der Waals surface area contributed by atoms with Crippen LogP contribution in [0.2, 0.25) is 0 Å². The van der Waals surface area contributed by atoms with Gasteiger partial charge >= 0.3 is 0 Å². The average Bonchev–Trinajstić information content (AvgIpc) is 2.94. The highest BCUT2D eigenvalue weighted by Crippen LogP contribution is 2.32. The number of ether oxygens (including phenoxy) is 5. The van der Waals surface area contributed by atoms with Crippen LogP contribution in [-0.2, 0) is 23.7 Å². The minimum absolute atomic E-state index is 0.0841. The van der Waals surface area contributed by atoms with Gasteiger partial charge in [0.1, 0.15) is 36.6 Å². The molecule has 1 saturated carbocycles. The van der Waals surface area contributed by atoms with Crippen LogP contribution in [0, 0.1) is 0 Å². The summed E-state index contributed by atoms with van der Waals surface area (Å²) < 4.78 is 30.5. The molecule has 4 aliphatic rings. The van der Waals surface area contributed by atoms with Crippen LogP contribution < -0.4 is 34.0 Å². The first kappa shape index (κ1) is 32.3. The molecule has 3 saturated heterocycles. The zero-order valence-electron chi connectivity index (χ0n) is 22.8. The Morgan fingerprint density at radius 3 is 2.05 bits per heavy atom. The molecule has 3 heterocycles. The first-order chi connectivity index (χ1) is 19.1.